The number of alkyl halides is 3. The van der Waals surface area contributed by atoms with E-state index in [0.29, 0.717) is 4.90 Å². The first kappa shape index (κ1) is 14.8. The summed E-state index contributed by atoms with van der Waals surface area (Å²) in [5.74, 6) is -1.93. The molecular weight excluding hydrogens is 274 g/mol. The summed E-state index contributed by atoms with van der Waals surface area (Å²) in [6, 6.07) is 3.17. The van der Waals surface area contributed by atoms with E-state index < -0.39 is 30.0 Å². The Bertz CT molecular complexity index is 447. The van der Waals surface area contributed by atoms with Crippen LogP contribution in [0, 0.1) is 5.82 Å². The van der Waals surface area contributed by atoms with Gasteiger partial charge in [0.25, 0.3) is 5.91 Å². The third kappa shape index (κ3) is 3.87. The fraction of sp³-hybridized carbons (Fsp3) is 0.364. The standard InChI is InChI=1S/C11H10ClF4NO/c1-2-17(6-11(14,15)16)10(18)8-5-7(12)3-4-9(8)13/h3-5H,2,6H2,1H3. The fourth-order valence-electron chi connectivity index (χ4n) is 1.38. The molecule has 0 saturated heterocycles. The number of halogens is 5. The maximum atomic E-state index is 13.4. The van der Waals surface area contributed by atoms with Crippen LogP contribution >= 0.6 is 11.6 Å². The molecule has 1 aromatic carbocycles. The highest BCUT2D eigenvalue weighted by atomic mass is 35.5. The monoisotopic (exact) mass is 283 g/mol. The Labute approximate surface area is 106 Å². The van der Waals surface area contributed by atoms with Crippen LogP contribution in [0.2, 0.25) is 5.02 Å². The van der Waals surface area contributed by atoms with Gasteiger partial charge in [0.05, 0.1) is 5.56 Å². The van der Waals surface area contributed by atoms with E-state index in [4.69, 9.17) is 11.6 Å². The first-order valence-corrected chi connectivity index (χ1v) is 5.43. The predicted molar refractivity (Wildman–Crippen MR) is 59.0 cm³/mol. The average molecular weight is 284 g/mol. The number of carbonyl (C=O) groups is 1. The summed E-state index contributed by atoms with van der Waals surface area (Å²) in [6.45, 7) is -0.218. The van der Waals surface area contributed by atoms with Crippen molar-refractivity contribution in [2.75, 3.05) is 13.1 Å². The molecule has 0 aliphatic rings. The normalized spacial score (nSPS) is 11.4. The minimum atomic E-state index is -4.53. The van der Waals surface area contributed by atoms with Crippen LogP contribution < -0.4 is 0 Å². The SMILES string of the molecule is CCN(CC(F)(F)F)C(=O)c1cc(Cl)ccc1F. The highest BCUT2D eigenvalue weighted by Crippen LogP contribution is 2.20. The third-order valence-electron chi connectivity index (χ3n) is 2.20. The van der Waals surface area contributed by atoms with Gasteiger partial charge in [-0.2, -0.15) is 13.2 Å². The van der Waals surface area contributed by atoms with E-state index in [1.165, 1.54) is 13.0 Å². The second-order valence-electron chi connectivity index (χ2n) is 3.56. The molecule has 0 aliphatic carbocycles. The van der Waals surface area contributed by atoms with Crippen LogP contribution in [0.25, 0.3) is 0 Å². The summed E-state index contributed by atoms with van der Waals surface area (Å²) >= 11 is 5.58. The topological polar surface area (TPSA) is 20.3 Å². The molecule has 0 fully saturated rings. The van der Waals surface area contributed by atoms with Crippen LogP contribution in [-0.4, -0.2) is 30.1 Å². The molecule has 0 aromatic heterocycles. The molecule has 0 unspecified atom stereocenters. The lowest BCUT2D eigenvalue weighted by atomic mass is 10.2. The Morgan fingerprint density at radius 1 is 1.39 bits per heavy atom. The van der Waals surface area contributed by atoms with Crippen molar-refractivity contribution >= 4 is 17.5 Å². The molecular formula is C11H10ClF4NO. The highest BCUT2D eigenvalue weighted by Gasteiger charge is 2.33. The number of hydrogen-bond donors (Lipinski definition) is 0. The van der Waals surface area contributed by atoms with E-state index in [1.54, 1.807) is 0 Å². The van der Waals surface area contributed by atoms with Gasteiger partial charge in [0, 0.05) is 11.6 Å². The quantitative estimate of drug-likeness (QED) is 0.778. The van der Waals surface area contributed by atoms with E-state index in [-0.39, 0.29) is 11.6 Å². The second kappa shape index (κ2) is 5.56. The summed E-state index contributed by atoms with van der Waals surface area (Å²) in [7, 11) is 0. The van der Waals surface area contributed by atoms with Gasteiger partial charge in [0.15, 0.2) is 0 Å². The molecule has 0 spiro atoms. The molecule has 0 heterocycles. The average Bonchev–Trinajstić information content (AvgIpc) is 2.27. The summed E-state index contributed by atoms with van der Waals surface area (Å²) in [4.78, 5) is 12.3. The molecule has 2 nitrogen and oxygen atoms in total. The molecule has 7 heteroatoms. The van der Waals surface area contributed by atoms with Gasteiger partial charge in [0.2, 0.25) is 0 Å². The number of nitrogens with zero attached hydrogens (tertiary/aromatic N) is 1. The van der Waals surface area contributed by atoms with Crippen molar-refractivity contribution in [3.8, 4) is 0 Å². The minimum absolute atomic E-state index is 0.0859. The van der Waals surface area contributed by atoms with E-state index in [0.717, 1.165) is 12.1 Å². The Balaban J connectivity index is 3.00. The molecule has 1 aromatic rings. The van der Waals surface area contributed by atoms with Gasteiger partial charge in [-0.05, 0) is 25.1 Å². The maximum Gasteiger partial charge on any atom is 0.406 e. The minimum Gasteiger partial charge on any atom is -0.330 e. The first-order chi connectivity index (χ1) is 8.24. The number of benzene rings is 1. The van der Waals surface area contributed by atoms with Crippen LogP contribution in [0.1, 0.15) is 17.3 Å². The van der Waals surface area contributed by atoms with Crippen molar-refractivity contribution in [2.24, 2.45) is 0 Å². The van der Waals surface area contributed by atoms with Crippen LogP contribution in [0.3, 0.4) is 0 Å². The van der Waals surface area contributed by atoms with Crippen molar-refractivity contribution in [1.29, 1.82) is 0 Å². The lowest BCUT2D eigenvalue weighted by molar-refractivity contribution is -0.140. The maximum absolute atomic E-state index is 13.4. The third-order valence-corrected chi connectivity index (χ3v) is 2.43. The molecule has 0 radical (unpaired) electrons. The van der Waals surface area contributed by atoms with Gasteiger partial charge in [-0.3, -0.25) is 4.79 Å². The molecule has 18 heavy (non-hydrogen) atoms. The summed E-state index contributed by atoms with van der Waals surface area (Å²) in [5.41, 5.74) is -0.464. The molecule has 100 valence electrons. The summed E-state index contributed by atoms with van der Waals surface area (Å²) < 4.78 is 50.1. The number of hydrogen-bond acceptors (Lipinski definition) is 1. The van der Waals surface area contributed by atoms with E-state index in [1.807, 2.05) is 0 Å². The molecule has 0 saturated carbocycles. The Morgan fingerprint density at radius 3 is 2.50 bits per heavy atom. The Morgan fingerprint density at radius 2 is 2.00 bits per heavy atom. The molecule has 0 aliphatic heterocycles. The molecule has 1 amide bonds. The molecule has 0 atom stereocenters. The largest absolute Gasteiger partial charge is 0.406 e. The van der Waals surface area contributed by atoms with Gasteiger partial charge in [0.1, 0.15) is 12.4 Å². The predicted octanol–water partition coefficient (Wildman–Crippen LogP) is 3.50. The van der Waals surface area contributed by atoms with Crippen LogP contribution in [-0.2, 0) is 0 Å². The highest BCUT2D eigenvalue weighted by molar-refractivity contribution is 6.30. The number of amides is 1. The van der Waals surface area contributed by atoms with Crippen molar-refractivity contribution in [2.45, 2.75) is 13.1 Å². The second-order valence-corrected chi connectivity index (χ2v) is 4.00. The zero-order chi connectivity index (χ0) is 13.9. The number of rotatable bonds is 3. The van der Waals surface area contributed by atoms with Crippen molar-refractivity contribution in [1.82, 2.24) is 4.90 Å². The Hall–Kier alpha value is -1.30. The fourth-order valence-corrected chi connectivity index (χ4v) is 1.55. The lowest BCUT2D eigenvalue weighted by Gasteiger charge is -2.22. The zero-order valence-electron chi connectivity index (χ0n) is 9.39. The van der Waals surface area contributed by atoms with Crippen molar-refractivity contribution in [3.05, 3.63) is 34.6 Å². The van der Waals surface area contributed by atoms with E-state index in [9.17, 15) is 22.4 Å². The Kier molecular flexibility index (Phi) is 4.56. The zero-order valence-corrected chi connectivity index (χ0v) is 10.1. The molecule has 1 rings (SSSR count). The van der Waals surface area contributed by atoms with Gasteiger partial charge >= 0.3 is 6.18 Å². The first-order valence-electron chi connectivity index (χ1n) is 5.05. The molecule has 0 N–H and O–H groups in total. The van der Waals surface area contributed by atoms with E-state index in [2.05, 4.69) is 0 Å². The van der Waals surface area contributed by atoms with Crippen LogP contribution in [0.4, 0.5) is 17.6 Å². The lowest BCUT2D eigenvalue weighted by Crippen LogP contribution is -2.39. The smallest absolute Gasteiger partial charge is 0.330 e. The van der Waals surface area contributed by atoms with Gasteiger partial charge in [-0.25, -0.2) is 4.39 Å². The van der Waals surface area contributed by atoms with Gasteiger partial charge < -0.3 is 4.90 Å². The van der Waals surface area contributed by atoms with Crippen LogP contribution in [0.5, 0.6) is 0 Å². The van der Waals surface area contributed by atoms with Crippen LogP contribution in [0.15, 0.2) is 18.2 Å². The number of carbonyl (C=O) groups excluding carboxylic acids is 1. The van der Waals surface area contributed by atoms with Crippen molar-refractivity contribution in [3.63, 3.8) is 0 Å². The van der Waals surface area contributed by atoms with Crippen molar-refractivity contribution < 1.29 is 22.4 Å². The summed E-state index contributed by atoms with van der Waals surface area (Å²) in [6.07, 6.45) is -4.53. The van der Waals surface area contributed by atoms with E-state index >= 15 is 0 Å². The summed E-state index contributed by atoms with van der Waals surface area (Å²) in [5, 5.41) is 0.0859. The van der Waals surface area contributed by atoms with Gasteiger partial charge in [-0.15, -0.1) is 0 Å². The van der Waals surface area contributed by atoms with Gasteiger partial charge in [-0.1, -0.05) is 11.6 Å². The molecule has 0 bridgehead atoms.